The van der Waals surface area contributed by atoms with Crippen LogP contribution in [0.4, 0.5) is 11.4 Å². The second-order valence-corrected chi connectivity index (χ2v) is 8.59. The molecule has 9 heteroatoms. The molecule has 1 aromatic carbocycles. The summed E-state index contributed by atoms with van der Waals surface area (Å²) < 4.78 is 13.2. The number of nitrogens with one attached hydrogen (secondary N) is 2. The Morgan fingerprint density at radius 1 is 1.20 bits per heavy atom. The van der Waals surface area contributed by atoms with Crippen LogP contribution >= 0.6 is 12.2 Å². The molecule has 0 aliphatic carbocycles. The van der Waals surface area contributed by atoms with Gasteiger partial charge in [-0.1, -0.05) is 6.07 Å². The number of ether oxygens (including phenoxy) is 1. The molecule has 1 aliphatic heterocycles. The van der Waals surface area contributed by atoms with Gasteiger partial charge in [-0.3, -0.25) is 9.78 Å². The van der Waals surface area contributed by atoms with Gasteiger partial charge < -0.3 is 29.3 Å². The fourth-order valence-corrected chi connectivity index (χ4v) is 4.82. The van der Waals surface area contributed by atoms with Crippen LogP contribution in [0.1, 0.15) is 36.2 Å². The van der Waals surface area contributed by atoms with Crippen molar-refractivity contribution in [2.45, 2.75) is 25.6 Å². The molecule has 2 atom stereocenters. The zero-order valence-corrected chi connectivity index (χ0v) is 20.2. The first kappa shape index (κ1) is 22.7. The maximum absolute atomic E-state index is 11.8. The number of rotatable bonds is 7. The van der Waals surface area contributed by atoms with Gasteiger partial charge in [0.1, 0.15) is 17.6 Å². The van der Waals surface area contributed by atoms with E-state index in [9.17, 15) is 4.79 Å². The highest BCUT2D eigenvalue weighted by Crippen LogP contribution is 2.43. The zero-order chi connectivity index (χ0) is 24.4. The number of carbonyl (C=O) groups excluding carboxylic acids is 1. The van der Waals surface area contributed by atoms with E-state index in [-0.39, 0.29) is 18.0 Å². The lowest BCUT2D eigenvalue weighted by atomic mass is 10.0. The number of furan rings is 1. The monoisotopic (exact) mass is 487 g/mol. The van der Waals surface area contributed by atoms with E-state index in [2.05, 4.69) is 31.2 Å². The molecule has 0 radical (unpaired) electrons. The summed E-state index contributed by atoms with van der Waals surface area (Å²) in [5.74, 6) is 1.24. The van der Waals surface area contributed by atoms with Crippen molar-refractivity contribution in [1.82, 2.24) is 14.9 Å². The molecule has 1 amide bonds. The summed E-state index contributed by atoms with van der Waals surface area (Å²) in [6.07, 6.45) is 5.49. The topological polar surface area (TPSA) is 84.6 Å². The van der Waals surface area contributed by atoms with Crippen molar-refractivity contribution >= 4 is 34.6 Å². The highest BCUT2D eigenvalue weighted by Gasteiger charge is 2.42. The van der Waals surface area contributed by atoms with E-state index < -0.39 is 0 Å². The van der Waals surface area contributed by atoms with Crippen LogP contribution in [-0.2, 0) is 11.3 Å². The minimum absolute atomic E-state index is 0.183. The van der Waals surface area contributed by atoms with E-state index in [1.54, 1.807) is 19.6 Å². The van der Waals surface area contributed by atoms with Gasteiger partial charge in [0.2, 0.25) is 5.91 Å². The van der Waals surface area contributed by atoms with Gasteiger partial charge in [-0.2, -0.15) is 0 Å². The van der Waals surface area contributed by atoms with Crippen LogP contribution in [-0.4, -0.2) is 27.7 Å². The Morgan fingerprint density at radius 2 is 2.09 bits per heavy atom. The highest BCUT2D eigenvalue weighted by molar-refractivity contribution is 7.80. The average Bonchev–Trinajstić information content (AvgIpc) is 3.60. The Kier molecular flexibility index (Phi) is 6.24. The summed E-state index contributed by atoms with van der Waals surface area (Å²) in [6.45, 7) is 2.05. The normalized spacial score (nSPS) is 17.3. The molecule has 5 rings (SSSR count). The average molecular weight is 488 g/mol. The maximum Gasteiger partial charge on any atom is 0.221 e. The molecular formula is C26H25N5O3S. The third-order valence-electron chi connectivity index (χ3n) is 5.94. The van der Waals surface area contributed by atoms with Crippen LogP contribution in [0.5, 0.6) is 5.75 Å². The van der Waals surface area contributed by atoms with E-state index in [0.717, 1.165) is 22.8 Å². The summed E-state index contributed by atoms with van der Waals surface area (Å²) in [6, 6.07) is 19.0. The van der Waals surface area contributed by atoms with Gasteiger partial charge in [0.25, 0.3) is 0 Å². The predicted molar refractivity (Wildman–Crippen MR) is 137 cm³/mol. The van der Waals surface area contributed by atoms with Crippen molar-refractivity contribution in [3.63, 3.8) is 0 Å². The Labute approximate surface area is 208 Å². The first-order valence-corrected chi connectivity index (χ1v) is 11.6. The summed E-state index contributed by atoms with van der Waals surface area (Å²) in [4.78, 5) is 18.5. The molecule has 1 fully saturated rings. The van der Waals surface area contributed by atoms with Gasteiger partial charge in [0.15, 0.2) is 5.11 Å². The Morgan fingerprint density at radius 3 is 2.80 bits per heavy atom. The lowest BCUT2D eigenvalue weighted by Crippen LogP contribution is -2.30. The number of methoxy groups -OCH3 is 1. The van der Waals surface area contributed by atoms with Crippen LogP contribution in [0.2, 0.25) is 0 Å². The third kappa shape index (κ3) is 4.50. The molecule has 1 aliphatic rings. The maximum atomic E-state index is 11.8. The Balaban J connectivity index is 1.61. The molecule has 1 saturated heterocycles. The summed E-state index contributed by atoms with van der Waals surface area (Å²) in [5.41, 5.74) is 3.32. The van der Waals surface area contributed by atoms with Crippen LogP contribution < -0.4 is 20.3 Å². The van der Waals surface area contributed by atoms with Gasteiger partial charge in [0.05, 0.1) is 37.3 Å². The SMILES string of the molecule is COc1ccc(N2C(=S)NC(c3ccccn3)C2c2cccn2Cc2ccco2)cc1NC(C)=O. The number of hydrogen-bond donors (Lipinski definition) is 2. The van der Waals surface area contributed by atoms with E-state index in [1.165, 1.54) is 6.92 Å². The molecule has 0 spiro atoms. The van der Waals surface area contributed by atoms with Crippen molar-refractivity contribution < 1.29 is 13.9 Å². The molecule has 2 unspecified atom stereocenters. The smallest absolute Gasteiger partial charge is 0.221 e. The third-order valence-corrected chi connectivity index (χ3v) is 6.26. The van der Waals surface area contributed by atoms with Crippen LogP contribution in [0, 0.1) is 0 Å². The van der Waals surface area contributed by atoms with Crippen molar-refractivity contribution in [3.05, 3.63) is 96.5 Å². The molecule has 0 saturated carbocycles. The summed E-state index contributed by atoms with van der Waals surface area (Å²) >= 11 is 5.84. The molecule has 4 heterocycles. The predicted octanol–water partition coefficient (Wildman–Crippen LogP) is 4.67. The number of pyridine rings is 1. The quantitative estimate of drug-likeness (QED) is 0.367. The number of aromatic nitrogens is 2. The van der Waals surface area contributed by atoms with Gasteiger partial charge in [-0.25, -0.2) is 0 Å². The zero-order valence-electron chi connectivity index (χ0n) is 19.3. The summed E-state index contributed by atoms with van der Waals surface area (Å²) in [5, 5.41) is 6.89. The molecule has 8 nitrogen and oxygen atoms in total. The van der Waals surface area contributed by atoms with Crippen molar-refractivity contribution in [1.29, 1.82) is 0 Å². The molecule has 35 heavy (non-hydrogen) atoms. The number of anilines is 2. The van der Waals surface area contributed by atoms with Gasteiger partial charge in [0, 0.05) is 30.7 Å². The van der Waals surface area contributed by atoms with E-state index in [4.69, 9.17) is 21.4 Å². The lowest BCUT2D eigenvalue weighted by Gasteiger charge is -2.29. The number of carbonyl (C=O) groups is 1. The highest BCUT2D eigenvalue weighted by atomic mass is 32.1. The summed E-state index contributed by atoms with van der Waals surface area (Å²) in [7, 11) is 1.57. The fraction of sp³-hybridized carbons (Fsp3) is 0.192. The van der Waals surface area contributed by atoms with E-state index in [0.29, 0.717) is 23.1 Å². The Hall–Kier alpha value is -4.11. The van der Waals surface area contributed by atoms with Crippen molar-refractivity contribution in [3.8, 4) is 5.75 Å². The molecule has 2 N–H and O–H groups in total. The lowest BCUT2D eigenvalue weighted by molar-refractivity contribution is -0.114. The first-order chi connectivity index (χ1) is 17.0. The second-order valence-electron chi connectivity index (χ2n) is 8.20. The first-order valence-electron chi connectivity index (χ1n) is 11.2. The molecule has 178 valence electrons. The standard InChI is InChI=1S/C26H25N5O3S/c1-17(32)28-21-15-18(10-11-23(21)33-2)31-25(24(29-26(31)35)20-8-3-4-12-27-20)22-9-5-13-30(22)16-19-7-6-14-34-19/h3-15,24-25H,16H2,1-2H3,(H,28,32)(H,29,35). The van der Waals surface area contributed by atoms with Crippen molar-refractivity contribution in [2.24, 2.45) is 0 Å². The van der Waals surface area contributed by atoms with E-state index >= 15 is 0 Å². The van der Waals surface area contributed by atoms with Crippen LogP contribution in [0.3, 0.4) is 0 Å². The molecule has 0 bridgehead atoms. The van der Waals surface area contributed by atoms with Crippen LogP contribution in [0.15, 0.2) is 83.7 Å². The number of nitrogens with zero attached hydrogens (tertiary/aromatic N) is 3. The Bertz CT molecular complexity index is 1340. The van der Waals surface area contributed by atoms with Gasteiger partial charge in [-0.15, -0.1) is 0 Å². The molecular weight excluding hydrogens is 462 g/mol. The van der Waals surface area contributed by atoms with Gasteiger partial charge in [-0.05, 0) is 66.8 Å². The minimum atomic E-state index is -0.207. The number of benzene rings is 1. The largest absolute Gasteiger partial charge is 0.495 e. The fourth-order valence-electron chi connectivity index (χ4n) is 4.48. The van der Waals surface area contributed by atoms with E-state index in [1.807, 2.05) is 60.8 Å². The van der Waals surface area contributed by atoms with Crippen LogP contribution in [0.25, 0.3) is 0 Å². The minimum Gasteiger partial charge on any atom is -0.495 e. The molecule has 4 aromatic rings. The molecule has 3 aromatic heterocycles. The number of hydrogen-bond acceptors (Lipinski definition) is 5. The second kappa shape index (κ2) is 9.63. The number of amides is 1. The van der Waals surface area contributed by atoms with Crippen molar-refractivity contribution in [2.75, 3.05) is 17.3 Å². The number of thiocarbonyl (C=S) groups is 1. The van der Waals surface area contributed by atoms with Gasteiger partial charge >= 0.3 is 0 Å².